The normalized spacial score (nSPS) is 17.1. The second kappa shape index (κ2) is 7.93. The number of fused-ring (bicyclic) bond motifs is 1. The molecule has 6 heteroatoms. The Bertz CT molecular complexity index is 537. The maximum Gasteiger partial charge on any atom is 0.220 e. The second-order valence-corrected chi connectivity index (χ2v) is 6.50. The molecule has 1 aromatic heterocycles. The van der Waals surface area contributed by atoms with Gasteiger partial charge in [-0.15, -0.1) is 0 Å². The maximum atomic E-state index is 11.9. The molecule has 0 unspecified atom stereocenters. The first kappa shape index (κ1) is 16.5. The Balaban J connectivity index is 1.54. The molecule has 0 saturated heterocycles. The van der Waals surface area contributed by atoms with Gasteiger partial charge in [-0.25, -0.2) is 0 Å². The van der Waals surface area contributed by atoms with E-state index in [4.69, 9.17) is 14.6 Å². The zero-order valence-corrected chi connectivity index (χ0v) is 14.0. The SMILES string of the molecule is COCCCNC(=O)CCc1nn(CC2CC2)c2c1COCC2. The topological polar surface area (TPSA) is 65.4 Å². The Labute approximate surface area is 137 Å². The van der Waals surface area contributed by atoms with Crippen LogP contribution in [0.3, 0.4) is 0 Å². The lowest BCUT2D eigenvalue weighted by Crippen LogP contribution is -2.25. The van der Waals surface area contributed by atoms with Gasteiger partial charge in [0, 0.05) is 57.3 Å². The minimum Gasteiger partial charge on any atom is -0.385 e. The zero-order valence-electron chi connectivity index (χ0n) is 14.0. The quantitative estimate of drug-likeness (QED) is 0.699. The van der Waals surface area contributed by atoms with Gasteiger partial charge >= 0.3 is 0 Å². The number of amides is 1. The predicted octanol–water partition coefficient (Wildman–Crippen LogP) is 1.45. The largest absolute Gasteiger partial charge is 0.385 e. The lowest BCUT2D eigenvalue weighted by atomic mass is 10.1. The zero-order chi connectivity index (χ0) is 16.1. The fourth-order valence-electron chi connectivity index (χ4n) is 3.04. The van der Waals surface area contributed by atoms with Crippen molar-refractivity contribution >= 4 is 5.91 Å². The molecule has 6 nitrogen and oxygen atoms in total. The van der Waals surface area contributed by atoms with Crippen molar-refractivity contribution in [2.45, 2.75) is 51.7 Å². The standard InChI is InChI=1S/C17H27N3O3/c1-22-9-2-8-18-17(21)6-5-15-14-12-23-10-7-16(14)20(19-15)11-13-3-4-13/h13H,2-12H2,1H3,(H,18,21). The second-order valence-electron chi connectivity index (χ2n) is 6.50. The molecule has 2 aliphatic rings. The van der Waals surface area contributed by atoms with Crippen molar-refractivity contribution in [3.63, 3.8) is 0 Å². The molecular formula is C17H27N3O3. The first-order valence-corrected chi connectivity index (χ1v) is 8.68. The van der Waals surface area contributed by atoms with E-state index in [-0.39, 0.29) is 5.91 Å². The molecule has 1 N–H and O–H groups in total. The third-order valence-corrected chi connectivity index (χ3v) is 4.54. The fraction of sp³-hybridized carbons (Fsp3) is 0.765. The minimum absolute atomic E-state index is 0.0864. The van der Waals surface area contributed by atoms with Crippen molar-refractivity contribution < 1.29 is 14.3 Å². The van der Waals surface area contributed by atoms with Crippen LogP contribution in [0.4, 0.5) is 0 Å². The van der Waals surface area contributed by atoms with Gasteiger partial charge in [-0.2, -0.15) is 5.10 Å². The number of rotatable bonds is 9. The molecule has 1 aromatic rings. The average Bonchev–Trinajstić information content (AvgIpc) is 3.32. The van der Waals surface area contributed by atoms with Crippen molar-refractivity contribution in [3.05, 3.63) is 17.0 Å². The molecule has 0 spiro atoms. The van der Waals surface area contributed by atoms with E-state index >= 15 is 0 Å². The van der Waals surface area contributed by atoms with E-state index in [0.717, 1.165) is 37.6 Å². The molecule has 1 aliphatic heterocycles. The summed E-state index contributed by atoms with van der Waals surface area (Å²) in [6, 6.07) is 0. The van der Waals surface area contributed by atoms with Crippen molar-refractivity contribution in [3.8, 4) is 0 Å². The highest BCUT2D eigenvalue weighted by molar-refractivity contribution is 5.76. The number of carbonyl (C=O) groups excluding carboxylic acids is 1. The summed E-state index contributed by atoms with van der Waals surface area (Å²) in [6.45, 7) is 3.81. The number of hydrogen-bond donors (Lipinski definition) is 1. The molecule has 1 amide bonds. The molecule has 1 aliphatic carbocycles. The summed E-state index contributed by atoms with van der Waals surface area (Å²) in [5.41, 5.74) is 3.61. The lowest BCUT2D eigenvalue weighted by molar-refractivity contribution is -0.121. The molecule has 1 saturated carbocycles. The van der Waals surface area contributed by atoms with Gasteiger partial charge in [0.2, 0.25) is 5.91 Å². The Morgan fingerprint density at radius 3 is 3.13 bits per heavy atom. The number of nitrogens with one attached hydrogen (secondary N) is 1. The molecule has 23 heavy (non-hydrogen) atoms. The maximum absolute atomic E-state index is 11.9. The van der Waals surface area contributed by atoms with E-state index in [2.05, 4.69) is 10.00 Å². The van der Waals surface area contributed by atoms with Crippen molar-refractivity contribution in [2.75, 3.05) is 26.9 Å². The van der Waals surface area contributed by atoms with Gasteiger partial charge in [0.1, 0.15) is 0 Å². The van der Waals surface area contributed by atoms with Crippen LogP contribution < -0.4 is 5.32 Å². The van der Waals surface area contributed by atoms with Crippen LogP contribution >= 0.6 is 0 Å². The summed E-state index contributed by atoms with van der Waals surface area (Å²) in [5, 5.41) is 7.72. The third-order valence-electron chi connectivity index (χ3n) is 4.54. The monoisotopic (exact) mass is 321 g/mol. The lowest BCUT2D eigenvalue weighted by Gasteiger charge is -2.15. The van der Waals surface area contributed by atoms with Crippen LogP contribution in [0.15, 0.2) is 0 Å². The van der Waals surface area contributed by atoms with Gasteiger partial charge in [-0.1, -0.05) is 0 Å². The Hall–Kier alpha value is -1.40. The summed E-state index contributed by atoms with van der Waals surface area (Å²) < 4.78 is 12.8. The van der Waals surface area contributed by atoms with Gasteiger partial charge in [0.15, 0.2) is 0 Å². The highest BCUT2D eigenvalue weighted by Crippen LogP contribution is 2.32. The Kier molecular flexibility index (Phi) is 5.67. The van der Waals surface area contributed by atoms with E-state index in [1.165, 1.54) is 24.1 Å². The van der Waals surface area contributed by atoms with Gasteiger partial charge in [0.05, 0.1) is 18.9 Å². The van der Waals surface area contributed by atoms with E-state index in [9.17, 15) is 4.79 Å². The van der Waals surface area contributed by atoms with Crippen LogP contribution in [-0.4, -0.2) is 42.6 Å². The average molecular weight is 321 g/mol. The molecule has 3 rings (SSSR count). The molecule has 0 atom stereocenters. The predicted molar refractivity (Wildman–Crippen MR) is 86.1 cm³/mol. The number of aryl methyl sites for hydroxylation is 1. The third kappa shape index (κ3) is 4.54. The highest BCUT2D eigenvalue weighted by Gasteiger charge is 2.27. The molecule has 0 aromatic carbocycles. The summed E-state index contributed by atoms with van der Waals surface area (Å²) >= 11 is 0. The van der Waals surface area contributed by atoms with Crippen LogP contribution in [0.25, 0.3) is 0 Å². The van der Waals surface area contributed by atoms with Crippen LogP contribution in [0, 0.1) is 5.92 Å². The highest BCUT2D eigenvalue weighted by atomic mass is 16.5. The number of methoxy groups -OCH3 is 1. The summed E-state index contributed by atoms with van der Waals surface area (Å²) in [4.78, 5) is 11.9. The summed E-state index contributed by atoms with van der Waals surface area (Å²) in [7, 11) is 1.67. The molecule has 0 radical (unpaired) electrons. The fourth-order valence-corrected chi connectivity index (χ4v) is 3.04. The van der Waals surface area contributed by atoms with Crippen molar-refractivity contribution in [2.24, 2.45) is 5.92 Å². The smallest absolute Gasteiger partial charge is 0.220 e. The van der Waals surface area contributed by atoms with Gasteiger partial charge in [0.25, 0.3) is 0 Å². The first-order chi connectivity index (χ1) is 11.3. The minimum atomic E-state index is 0.0864. The van der Waals surface area contributed by atoms with E-state index in [0.29, 0.717) is 32.6 Å². The molecule has 0 bridgehead atoms. The van der Waals surface area contributed by atoms with Crippen molar-refractivity contribution in [1.29, 1.82) is 0 Å². The molecule has 2 heterocycles. The molecule has 128 valence electrons. The van der Waals surface area contributed by atoms with Crippen LogP contribution in [-0.2, 0) is 40.3 Å². The summed E-state index contributed by atoms with van der Waals surface area (Å²) in [6.07, 6.45) is 5.62. The summed E-state index contributed by atoms with van der Waals surface area (Å²) in [5.74, 6) is 0.891. The number of nitrogens with zero attached hydrogens (tertiary/aromatic N) is 2. The van der Waals surface area contributed by atoms with E-state index < -0.39 is 0 Å². The van der Waals surface area contributed by atoms with Crippen LogP contribution in [0.1, 0.15) is 42.6 Å². The van der Waals surface area contributed by atoms with Crippen LogP contribution in [0.5, 0.6) is 0 Å². The first-order valence-electron chi connectivity index (χ1n) is 8.68. The van der Waals surface area contributed by atoms with Gasteiger partial charge in [-0.05, 0) is 25.2 Å². The van der Waals surface area contributed by atoms with E-state index in [1.807, 2.05) is 0 Å². The Morgan fingerprint density at radius 1 is 1.48 bits per heavy atom. The number of carbonyl (C=O) groups is 1. The number of ether oxygens (including phenoxy) is 2. The van der Waals surface area contributed by atoms with Crippen molar-refractivity contribution in [1.82, 2.24) is 15.1 Å². The number of hydrogen-bond acceptors (Lipinski definition) is 4. The molecule has 1 fully saturated rings. The Morgan fingerprint density at radius 2 is 2.35 bits per heavy atom. The molecular weight excluding hydrogens is 294 g/mol. The van der Waals surface area contributed by atoms with Gasteiger partial charge in [-0.3, -0.25) is 9.48 Å². The van der Waals surface area contributed by atoms with Gasteiger partial charge < -0.3 is 14.8 Å². The van der Waals surface area contributed by atoms with E-state index in [1.54, 1.807) is 7.11 Å². The van der Waals surface area contributed by atoms with Crippen LogP contribution in [0.2, 0.25) is 0 Å². The number of aromatic nitrogens is 2.